The van der Waals surface area contributed by atoms with Crippen molar-refractivity contribution in [1.82, 2.24) is 10.2 Å². The second-order valence-corrected chi connectivity index (χ2v) is 8.56. The summed E-state index contributed by atoms with van der Waals surface area (Å²) in [5.41, 5.74) is -0.435. The van der Waals surface area contributed by atoms with Gasteiger partial charge in [0.2, 0.25) is 0 Å². The number of aliphatic hydroxyl groups is 1. The first kappa shape index (κ1) is 21.2. The SMILES string of the molecule is CC(CC1COCCN1C(=O)OC(C)(C)C)NCC(C)(C)CCO. The van der Waals surface area contributed by atoms with Gasteiger partial charge in [-0.2, -0.15) is 0 Å². The van der Waals surface area contributed by atoms with E-state index >= 15 is 0 Å². The van der Waals surface area contributed by atoms with E-state index in [0.717, 1.165) is 19.4 Å². The summed E-state index contributed by atoms with van der Waals surface area (Å²) in [6, 6.07) is 0.275. The lowest BCUT2D eigenvalue weighted by Crippen LogP contribution is -2.52. The van der Waals surface area contributed by atoms with Crippen molar-refractivity contribution in [2.45, 2.75) is 72.1 Å². The van der Waals surface area contributed by atoms with E-state index in [2.05, 4.69) is 26.1 Å². The Morgan fingerprint density at radius 3 is 2.62 bits per heavy atom. The summed E-state index contributed by atoms with van der Waals surface area (Å²) >= 11 is 0. The second-order valence-electron chi connectivity index (χ2n) is 8.56. The molecule has 1 saturated heterocycles. The van der Waals surface area contributed by atoms with Gasteiger partial charge in [-0.25, -0.2) is 4.79 Å². The van der Waals surface area contributed by atoms with Gasteiger partial charge in [0.1, 0.15) is 5.60 Å². The van der Waals surface area contributed by atoms with E-state index in [1.54, 1.807) is 4.90 Å². The summed E-state index contributed by atoms with van der Waals surface area (Å²) in [4.78, 5) is 14.2. The molecule has 0 aromatic rings. The second kappa shape index (κ2) is 9.02. The van der Waals surface area contributed by atoms with E-state index in [0.29, 0.717) is 19.8 Å². The van der Waals surface area contributed by atoms with Crippen LogP contribution in [0.1, 0.15) is 54.4 Å². The smallest absolute Gasteiger partial charge is 0.410 e. The van der Waals surface area contributed by atoms with Crippen LogP contribution in [0, 0.1) is 5.41 Å². The normalized spacial score (nSPS) is 20.8. The van der Waals surface area contributed by atoms with Crippen molar-refractivity contribution >= 4 is 6.09 Å². The number of amides is 1. The summed E-state index contributed by atoms with van der Waals surface area (Å²) in [6.07, 6.45) is 1.32. The fraction of sp³-hybridized carbons (Fsp3) is 0.944. The fourth-order valence-electron chi connectivity index (χ4n) is 2.74. The monoisotopic (exact) mass is 344 g/mol. The molecule has 0 aromatic heterocycles. The summed E-state index contributed by atoms with van der Waals surface area (Å²) in [5, 5.41) is 12.6. The fourth-order valence-corrected chi connectivity index (χ4v) is 2.74. The van der Waals surface area contributed by atoms with Crippen molar-refractivity contribution < 1.29 is 19.4 Å². The number of rotatable bonds is 7. The molecule has 0 aliphatic carbocycles. The van der Waals surface area contributed by atoms with Crippen LogP contribution in [0.3, 0.4) is 0 Å². The Hall–Kier alpha value is -0.850. The molecule has 1 fully saturated rings. The molecule has 1 heterocycles. The van der Waals surface area contributed by atoms with Crippen molar-refractivity contribution in [3.8, 4) is 0 Å². The lowest BCUT2D eigenvalue weighted by molar-refractivity contribution is -0.0357. The molecule has 0 aromatic carbocycles. The zero-order valence-corrected chi connectivity index (χ0v) is 16.2. The van der Waals surface area contributed by atoms with Gasteiger partial charge in [0.25, 0.3) is 0 Å². The number of ether oxygens (including phenoxy) is 2. The van der Waals surface area contributed by atoms with Crippen molar-refractivity contribution in [3.05, 3.63) is 0 Å². The standard InChI is InChI=1S/C18H36N2O4/c1-14(19-13-18(5,6)7-9-21)11-15-12-23-10-8-20(15)16(22)24-17(2,3)4/h14-15,19,21H,7-13H2,1-6H3. The molecule has 6 heteroatoms. The molecule has 1 amide bonds. The number of carbonyl (C=O) groups excluding carboxylic acids is 1. The third kappa shape index (κ3) is 7.81. The first-order valence-corrected chi connectivity index (χ1v) is 8.96. The minimum atomic E-state index is -0.488. The minimum Gasteiger partial charge on any atom is -0.444 e. The van der Waals surface area contributed by atoms with Gasteiger partial charge in [-0.3, -0.25) is 0 Å². The molecule has 2 N–H and O–H groups in total. The van der Waals surface area contributed by atoms with E-state index in [9.17, 15) is 4.79 Å². The number of hydrogen-bond donors (Lipinski definition) is 2. The van der Waals surface area contributed by atoms with Gasteiger partial charge in [0.15, 0.2) is 0 Å². The maximum atomic E-state index is 12.4. The Kier molecular flexibility index (Phi) is 7.96. The molecule has 24 heavy (non-hydrogen) atoms. The Morgan fingerprint density at radius 2 is 2.04 bits per heavy atom. The van der Waals surface area contributed by atoms with Crippen LogP contribution < -0.4 is 5.32 Å². The maximum absolute atomic E-state index is 12.4. The van der Waals surface area contributed by atoms with E-state index in [1.165, 1.54) is 0 Å². The highest BCUT2D eigenvalue weighted by Gasteiger charge is 2.32. The molecule has 0 saturated carbocycles. The van der Waals surface area contributed by atoms with E-state index in [-0.39, 0.29) is 30.2 Å². The van der Waals surface area contributed by atoms with Crippen LogP contribution in [0.2, 0.25) is 0 Å². The minimum absolute atomic E-state index is 0.0251. The zero-order chi connectivity index (χ0) is 18.4. The first-order valence-electron chi connectivity index (χ1n) is 8.96. The lowest BCUT2D eigenvalue weighted by Gasteiger charge is -2.38. The van der Waals surface area contributed by atoms with E-state index < -0.39 is 5.60 Å². The van der Waals surface area contributed by atoms with Crippen LogP contribution >= 0.6 is 0 Å². The number of aliphatic hydroxyl groups excluding tert-OH is 1. The molecule has 0 bridgehead atoms. The predicted molar refractivity (Wildman–Crippen MR) is 95.1 cm³/mol. The van der Waals surface area contributed by atoms with Crippen LogP contribution in [0.15, 0.2) is 0 Å². The average molecular weight is 344 g/mol. The van der Waals surface area contributed by atoms with Gasteiger partial charge in [0.05, 0.1) is 19.3 Å². The Labute approximate surface area is 146 Å². The van der Waals surface area contributed by atoms with Crippen molar-refractivity contribution in [2.75, 3.05) is 32.9 Å². The van der Waals surface area contributed by atoms with Gasteiger partial charge in [-0.1, -0.05) is 13.8 Å². The van der Waals surface area contributed by atoms with Crippen molar-refractivity contribution in [3.63, 3.8) is 0 Å². The molecule has 0 spiro atoms. The summed E-state index contributed by atoms with van der Waals surface area (Å²) in [6.45, 7) is 14.8. The van der Waals surface area contributed by atoms with Crippen LogP contribution in [-0.4, -0.2) is 66.7 Å². The van der Waals surface area contributed by atoms with Crippen LogP contribution in [0.4, 0.5) is 4.79 Å². The summed E-state index contributed by atoms with van der Waals surface area (Å²) in [5.74, 6) is 0. The number of nitrogens with one attached hydrogen (secondary N) is 1. The number of morpholine rings is 1. The third-order valence-electron chi connectivity index (χ3n) is 4.20. The van der Waals surface area contributed by atoms with Gasteiger partial charge in [-0.05, 0) is 46.0 Å². The highest BCUT2D eigenvalue weighted by atomic mass is 16.6. The average Bonchev–Trinajstić information content (AvgIpc) is 2.44. The highest BCUT2D eigenvalue weighted by Crippen LogP contribution is 2.20. The molecule has 1 rings (SSSR count). The Balaban J connectivity index is 2.54. The molecule has 1 aliphatic rings. The van der Waals surface area contributed by atoms with Crippen molar-refractivity contribution in [1.29, 1.82) is 0 Å². The number of hydrogen-bond acceptors (Lipinski definition) is 5. The summed E-state index contributed by atoms with van der Waals surface area (Å²) in [7, 11) is 0. The Bertz CT molecular complexity index is 393. The molecular formula is C18H36N2O4. The quantitative estimate of drug-likeness (QED) is 0.742. The molecule has 142 valence electrons. The van der Waals surface area contributed by atoms with Gasteiger partial charge >= 0.3 is 6.09 Å². The topological polar surface area (TPSA) is 71.0 Å². The number of carbonyl (C=O) groups is 1. The summed E-state index contributed by atoms with van der Waals surface area (Å²) < 4.78 is 11.1. The molecule has 0 radical (unpaired) electrons. The maximum Gasteiger partial charge on any atom is 0.410 e. The van der Waals surface area contributed by atoms with E-state index in [4.69, 9.17) is 14.6 Å². The molecule has 2 atom stereocenters. The molecule has 2 unspecified atom stereocenters. The highest BCUT2D eigenvalue weighted by molar-refractivity contribution is 5.68. The molecule has 6 nitrogen and oxygen atoms in total. The molecule has 1 aliphatic heterocycles. The van der Waals surface area contributed by atoms with Crippen LogP contribution in [0.25, 0.3) is 0 Å². The van der Waals surface area contributed by atoms with Crippen molar-refractivity contribution in [2.24, 2.45) is 5.41 Å². The molecular weight excluding hydrogens is 308 g/mol. The van der Waals surface area contributed by atoms with E-state index in [1.807, 2.05) is 20.8 Å². The number of nitrogens with zero attached hydrogens (tertiary/aromatic N) is 1. The first-order chi connectivity index (χ1) is 11.0. The predicted octanol–water partition coefficient (Wildman–Crippen LogP) is 2.40. The largest absolute Gasteiger partial charge is 0.444 e. The van der Waals surface area contributed by atoms with Crippen LogP contribution in [-0.2, 0) is 9.47 Å². The third-order valence-corrected chi connectivity index (χ3v) is 4.20. The Morgan fingerprint density at radius 1 is 1.38 bits per heavy atom. The van der Waals surface area contributed by atoms with Gasteiger partial charge in [0, 0.05) is 25.7 Å². The van der Waals surface area contributed by atoms with Gasteiger partial charge < -0.3 is 24.8 Å². The van der Waals surface area contributed by atoms with Gasteiger partial charge in [-0.15, -0.1) is 0 Å². The lowest BCUT2D eigenvalue weighted by atomic mass is 9.89. The van der Waals surface area contributed by atoms with Crippen LogP contribution in [0.5, 0.6) is 0 Å². The zero-order valence-electron chi connectivity index (χ0n) is 16.2.